The summed E-state index contributed by atoms with van der Waals surface area (Å²) in [6, 6.07) is 23.3. The minimum absolute atomic E-state index is 0.0705. The molecule has 1 N–H and O–H groups in total. The van der Waals surface area contributed by atoms with E-state index in [2.05, 4.69) is 0 Å². The van der Waals surface area contributed by atoms with Gasteiger partial charge in [0, 0.05) is 17.2 Å². The van der Waals surface area contributed by atoms with Gasteiger partial charge in [0.1, 0.15) is 16.9 Å². The van der Waals surface area contributed by atoms with Gasteiger partial charge in [0.25, 0.3) is 0 Å². The van der Waals surface area contributed by atoms with Gasteiger partial charge in [-0.15, -0.1) is 0 Å². The van der Waals surface area contributed by atoms with Gasteiger partial charge in [-0.05, 0) is 24.3 Å². The highest BCUT2D eigenvalue weighted by atomic mass is 16.4. The SMILES string of the molecule is O=c1cc(-c2ccccc2-c2oc3ccccc3c2O)oc2ccccc12. The average molecular weight is 354 g/mol. The first-order valence-corrected chi connectivity index (χ1v) is 8.55. The number of para-hydroxylation sites is 2. The Hall–Kier alpha value is -3.79. The smallest absolute Gasteiger partial charge is 0.193 e. The van der Waals surface area contributed by atoms with E-state index in [4.69, 9.17) is 8.83 Å². The van der Waals surface area contributed by atoms with Crippen molar-refractivity contribution in [3.8, 4) is 28.4 Å². The maximum atomic E-state index is 12.5. The van der Waals surface area contributed by atoms with Crippen LogP contribution in [0, 0.1) is 0 Å². The Morgan fingerprint density at radius 1 is 0.667 bits per heavy atom. The molecular weight excluding hydrogens is 340 g/mol. The molecule has 0 bridgehead atoms. The van der Waals surface area contributed by atoms with Gasteiger partial charge in [-0.3, -0.25) is 4.79 Å². The maximum Gasteiger partial charge on any atom is 0.193 e. The summed E-state index contributed by atoms with van der Waals surface area (Å²) in [6.45, 7) is 0. The highest BCUT2D eigenvalue weighted by Gasteiger charge is 2.19. The summed E-state index contributed by atoms with van der Waals surface area (Å²) in [5.74, 6) is 0.845. The second-order valence-electron chi connectivity index (χ2n) is 6.29. The van der Waals surface area contributed by atoms with Crippen LogP contribution in [-0.4, -0.2) is 5.11 Å². The van der Waals surface area contributed by atoms with Crippen LogP contribution < -0.4 is 5.43 Å². The summed E-state index contributed by atoms with van der Waals surface area (Å²) in [4.78, 5) is 12.5. The molecule has 4 nitrogen and oxygen atoms in total. The number of hydrogen-bond donors (Lipinski definition) is 1. The Kier molecular flexibility index (Phi) is 3.37. The van der Waals surface area contributed by atoms with E-state index >= 15 is 0 Å². The number of rotatable bonds is 2. The quantitative estimate of drug-likeness (QED) is 0.449. The molecule has 0 saturated heterocycles. The van der Waals surface area contributed by atoms with Crippen molar-refractivity contribution in [2.24, 2.45) is 0 Å². The van der Waals surface area contributed by atoms with Gasteiger partial charge in [-0.1, -0.05) is 48.5 Å². The third-order valence-electron chi connectivity index (χ3n) is 4.64. The lowest BCUT2D eigenvalue weighted by Gasteiger charge is -2.08. The maximum absolute atomic E-state index is 12.5. The van der Waals surface area contributed by atoms with Crippen molar-refractivity contribution in [1.82, 2.24) is 0 Å². The summed E-state index contributed by atoms with van der Waals surface area (Å²) in [5.41, 5.74) is 2.33. The van der Waals surface area contributed by atoms with Crippen LogP contribution in [0.4, 0.5) is 0 Å². The Bertz CT molecular complexity index is 1360. The lowest BCUT2D eigenvalue weighted by atomic mass is 10.0. The molecule has 130 valence electrons. The van der Waals surface area contributed by atoms with E-state index in [0.717, 1.165) is 0 Å². The molecule has 0 radical (unpaired) electrons. The highest BCUT2D eigenvalue weighted by molar-refractivity contribution is 5.94. The van der Waals surface area contributed by atoms with E-state index in [9.17, 15) is 9.90 Å². The van der Waals surface area contributed by atoms with Crippen molar-refractivity contribution in [3.05, 3.63) is 89.1 Å². The molecule has 5 rings (SSSR count). The van der Waals surface area contributed by atoms with Crippen LogP contribution >= 0.6 is 0 Å². The molecule has 0 amide bonds. The summed E-state index contributed by atoms with van der Waals surface area (Å²) >= 11 is 0. The molecular formula is C23H14O4. The molecule has 4 heteroatoms. The van der Waals surface area contributed by atoms with E-state index in [-0.39, 0.29) is 11.2 Å². The molecule has 0 saturated carbocycles. The summed E-state index contributed by atoms with van der Waals surface area (Å²) in [5, 5.41) is 11.8. The molecule has 0 aliphatic heterocycles. The Morgan fingerprint density at radius 2 is 1.26 bits per heavy atom. The number of benzene rings is 3. The largest absolute Gasteiger partial charge is 0.504 e. The predicted octanol–water partition coefficient (Wildman–Crippen LogP) is 5.58. The molecule has 2 aromatic heterocycles. The second-order valence-corrected chi connectivity index (χ2v) is 6.29. The van der Waals surface area contributed by atoms with Gasteiger partial charge in [0.2, 0.25) is 0 Å². The van der Waals surface area contributed by atoms with Crippen molar-refractivity contribution in [2.45, 2.75) is 0 Å². The molecule has 0 spiro atoms. The topological polar surface area (TPSA) is 63.6 Å². The van der Waals surface area contributed by atoms with E-state index in [1.165, 1.54) is 6.07 Å². The first kappa shape index (κ1) is 15.5. The van der Waals surface area contributed by atoms with Crippen LogP contribution in [0.2, 0.25) is 0 Å². The van der Waals surface area contributed by atoms with Crippen molar-refractivity contribution in [1.29, 1.82) is 0 Å². The standard InChI is InChI=1S/C23H14O4/c24-18-13-21(26-19-11-5-3-9-16(18)19)14-7-1-2-8-15(14)23-22(25)17-10-4-6-12-20(17)27-23/h1-13,25H. The monoisotopic (exact) mass is 354 g/mol. The zero-order valence-corrected chi connectivity index (χ0v) is 14.2. The van der Waals surface area contributed by atoms with Gasteiger partial charge in [-0.2, -0.15) is 0 Å². The van der Waals surface area contributed by atoms with E-state index < -0.39 is 0 Å². The molecule has 2 heterocycles. The lowest BCUT2D eigenvalue weighted by Crippen LogP contribution is -2.00. The first-order valence-electron chi connectivity index (χ1n) is 8.55. The molecule has 0 fully saturated rings. The van der Waals surface area contributed by atoms with E-state index in [1.54, 1.807) is 30.3 Å². The van der Waals surface area contributed by atoms with Gasteiger partial charge >= 0.3 is 0 Å². The molecule has 0 unspecified atom stereocenters. The fourth-order valence-electron chi connectivity index (χ4n) is 3.35. The minimum Gasteiger partial charge on any atom is -0.504 e. The van der Waals surface area contributed by atoms with Gasteiger partial charge in [0.15, 0.2) is 16.9 Å². The summed E-state index contributed by atoms with van der Waals surface area (Å²) in [6.07, 6.45) is 0. The van der Waals surface area contributed by atoms with Crippen LogP contribution in [0.3, 0.4) is 0 Å². The van der Waals surface area contributed by atoms with Crippen LogP contribution in [0.5, 0.6) is 5.75 Å². The zero-order chi connectivity index (χ0) is 18.4. The Balaban J connectivity index is 1.78. The van der Waals surface area contributed by atoms with Crippen molar-refractivity contribution < 1.29 is 13.9 Å². The van der Waals surface area contributed by atoms with Crippen molar-refractivity contribution in [2.75, 3.05) is 0 Å². The van der Waals surface area contributed by atoms with Gasteiger partial charge in [0.05, 0.1) is 10.8 Å². The van der Waals surface area contributed by atoms with Crippen molar-refractivity contribution in [3.63, 3.8) is 0 Å². The van der Waals surface area contributed by atoms with Crippen LogP contribution in [0.25, 0.3) is 44.6 Å². The molecule has 0 atom stereocenters. The Morgan fingerprint density at radius 3 is 2.00 bits per heavy atom. The van der Waals surface area contributed by atoms with E-state index in [1.807, 2.05) is 42.5 Å². The summed E-state index contributed by atoms with van der Waals surface area (Å²) < 4.78 is 11.9. The molecule has 5 aromatic rings. The second kappa shape index (κ2) is 5.88. The number of furan rings is 1. The van der Waals surface area contributed by atoms with E-state index in [0.29, 0.717) is 44.6 Å². The average Bonchev–Trinajstić information content (AvgIpc) is 3.05. The molecule has 0 aliphatic rings. The summed E-state index contributed by atoms with van der Waals surface area (Å²) in [7, 11) is 0. The highest BCUT2D eigenvalue weighted by Crippen LogP contribution is 2.42. The fraction of sp³-hybridized carbons (Fsp3) is 0. The van der Waals surface area contributed by atoms with Crippen LogP contribution in [0.1, 0.15) is 0 Å². The normalized spacial score (nSPS) is 11.3. The number of fused-ring (bicyclic) bond motifs is 2. The molecule has 3 aromatic carbocycles. The van der Waals surface area contributed by atoms with Crippen LogP contribution in [0.15, 0.2) is 92.5 Å². The molecule has 0 aliphatic carbocycles. The Labute approximate surface area is 153 Å². The van der Waals surface area contributed by atoms with Crippen LogP contribution in [-0.2, 0) is 0 Å². The van der Waals surface area contributed by atoms with Crippen molar-refractivity contribution >= 4 is 21.9 Å². The predicted molar refractivity (Wildman–Crippen MR) is 105 cm³/mol. The van der Waals surface area contributed by atoms with Gasteiger partial charge in [-0.25, -0.2) is 0 Å². The zero-order valence-electron chi connectivity index (χ0n) is 14.2. The lowest BCUT2D eigenvalue weighted by molar-refractivity contribution is 0.470. The third-order valence-corrected chi connectivity index (χ3v) is 4.64. The third kappa shape index (κ3) is 2.42. The fourth-order valence-corrected chi connectivity index (χ4v) is 3.35. The molecule has 27 heavy (non-hydrogen) atoms. The minimum atomic E-state index is -0.115. The number of aromatic hydroxyl groups is 1. The van der Waals surface area contributed by atoms with Gasteiger partial charge < -0.3 is 13.9 Å². The number of hydrogen-bond acceptors (Lipinski definition) is 4. The first-order chi connectivity index (χ1) is 13.2.